The summed E-state index contributed by atoms with van der Waals surface area (Å²) >= 11 is 0. The van der Waals surface area contributed by atoms with Gasteiger partial charge in [-0.1, -0.05) is 12.1 Å². The fraction of sp³-hybridized carbons (Fsp3) is 0.333. The molecule has 0 amide bonds. The van der Waals surface area contributed by atoms with Crippen LogP contribution in [0, 0.1) is 5.82 Å². The molecule has 1 rings (SSSR count). The minimum atomic E-state index is -3.10. The highest BCUT2D eigenvalue weighted by Gasteiger charge is 2.12. The molecule has 0 spiro atoms. The maximum Gasteiger partial charge on any atom is 0.149 e. The Kier molecular flexibility index (Phi) is 3.23. The molecule has 1 atom stereocenters. The van der Waals surface area contributed by atoms with Gasteiger partial charge in [0.15, 0.2) is 0 Å². The van der Waals surface area contributed by atoms with Crippen molar-refractivity contribution >= 4 is 9.84 Å². The maximum absolute atomic E-state index is 12.5. The Morgan fingerprint density at radius 2 is 1.86 bits per heavy atom. The minimum absolute atomic E-state index is 0.126. The molecule has 1 unspecified atom stereocenters. The van der Waals surface area contributed by atoms with Gasteiger partial charge in [-0.05, 0) is 17.7 Å². The third kappa shape index (κ3) is 3.43. The number of hydrogen-bond acceptors (Lipinski definition) is 3. The second-order valence-electron chi connectivity index (χ2n) is 3.25. The quantitative estimate of drug-likeness (QED) is 0.817. The van der Waals surface area contributed by atoms with E-state index < -0.39 is 15.9 Å². The first-order chi connectivity index (χ1) is 6.38. The van der Waals surface area contributed by atoms with Gasteiger partial charge in [-0.25, -0.2) is 12.8 Å². The lowest BCUT2D eigenvalue weighted by atomic mass is 10.1. The van der Waals surface area contributed by atoms with Crippen LogP contribution >= 0.6 is 0 Å². The first-order valence-corrected chi connectivity index (χ1v) is 6.13. The van der Waals surface area contributed by atoms with Crippen LogP contribution in [0.2, 0.25) is 0 Å². The molecule has 0 heterocycles. The second-order valence-corrected chi connectivity index (χ2v) is 5.44. The standard InChI is InChI=1S/C9H12FNO2S/c1-14(12,13)6-9(11)7-2-4-8(10)5-3-7/h2-5,9H,6,11H2,1H3. The van der Waals surface area contributed by atoms with Crippen molar-refractivity contribution in [2.45, 2.75) is 6.04 Å². The zero-order valence-electron chi connectivity index (χ0n) is 7.77. The minimum Gasteiger partial charge on any atom is -0.323 e. The summed E-state index contributed by atoms with van der Waals surface area (Å²) in [5.41, 5.74) is 6.25. The number of halogens is 1. The first kappa shape index (κ1) is 11.1. The summed E-state index contributed by atoms with van der Waals surface area (Å²) in [5, 5.41) is 0. The highest BCUT2D eigenvalue weighted by molar-refractivity contribution is 7.90. The molecule has 0 aromatic heterocycles. The second kappa shape index (κ2) is 4.06. The Morgan fingerprint density at radius 3 is 2.29 bits per heavy atom. The van der Waals surface area contributed by atoms with E-state index in [0.717, 1.165) is 6.26 Å². The summed E-state index contributed by atoms with van der Waals surface area (Å²) in [6.45, 7) is 0. The molecule has 5 heteroatoms. The van der Waals surface area contributed by atoms with Gasteiger partial charge >= 0.3 is 0 Å². The van der Waals surface area contributed by atoms with E-state index in [9.17, 15) is 12.8 Å². The van der Waals surface area contributed by atoms with Crippen LogP contribution in [0.5, 0.6) is 0 Å². The molecule has 78 valence electrons. The van der Waals surface area contributed by atoms with Crippen molar-refractivity contribution in [3.63, 3.8) is 0 Å². The van der Waals surface area contributed by atoms with Crippen LogP contribution in [0.25, 0.3) is 0 Å². The van der Waals surface area contributed by atoms with Crippen molar-refractivity contribution in [2.75, 3.05) is 12.0 Å². The summed E-state index contributed by atoms with van der Waals surface area (Å²) in [6.07, 6.45) is 1.12. The fourth-order valence-corrected chi connectivity index (χ4v) is 1.98. The van der Waals surface area contributed by atoms with Gasteiger partial charge in [0, 0.05) is 12.3 Å². The zero-order valence-corrected chi connectivity index (χ0v) is 8.59. The van der Waals surface area contributed by atoms with Gasteiger partial charge in [-0.15, -0.1) is 0 Å². The average Bonchev–Trinajstić information content (AvgIpc) is 2.02. The van der Waals surface area contributed by atoms with Gasteiger partial charge in [0.1, 0.15) is 15.7 Å². The molecule has 0 saturated heterocycles. The summed E-state index contributed by atoms with van der Waals surface area (Å²) in [4.78, 5) is 0. The van der Waals surface area contributed by atoms with Crippen molar-refractivity contribution in [1.29, 1.82) is 0 Å². The average molecular weight is 217 g/mol. The van der Waals surface area contributed by atoms with Crippen molar-refractivity contribution in [2.24, 2.45) is 5.73 Å². The lowest BCUT2D eigenvalue weighted by molar-refractivity contribution is 0.594. The lowest BCUT2D eigenvalue weighted by Gasteiger charge is -2.09. The van der Waals surface area contributed by atoms with Crippen molar-refractivity contribution in [3.8, 4) is 0 Å². The number of benzene rings is 1. The molecule has 0 fully saturated rings. The van der Waals surface area contributed by atoms with Gasteiger partial charge in [0.05, 0.1) is 5.75 Å². The predicted octanol–water partition coefficient (Wildman–Crippen LogP) is 0.870. The van der Waals surface area contributed by atoms with E-state index in [1.807, 2.05) is 0 Å². The fourth-order valence-electron chi connectivity index (χ4n) is 1.13. The zero-order chi connectivity index (χ0) is 10.8. The molecular formula is C9H12FNO2S. The summed E-state index contributed by atoms with van der Waals surface area (Å²) < 4.78 is 34.4. The van der Waals surface area contributed by atoms with E-state index >= 15 is 0 Å². The van der Waals surface area contributed by atoms with Crippen LogP contribution in [0.4, 0.5) is 4.39 Å². The lowest BCUT2D eigenvalue weighted by Crippen LogP contribution is -2.20. The smallest absolute Gasteiger partial charge is 0.149 e. The summed E-state index contributed by atoms with van der Waals surface area (Å²) in [6, 6.07) is 4.91. The molecule has 0 aliphatic heterocycles. The van der Waals surface area contributed by atoms with Crippen LogP contribution in [0.15, 0.2) is 24.3 Å². The molecule has 0 radical (unpaired) electrons. The molecule has 1 aromatic rings. The number of sulfone groups is 1. The topological polar surface area (TPSA) is 60.2 Å². The first-order valence-electron chi connectivity index (χ1n) is 4.07. The number of nitrogens with two attached hydrogens (primary N) is 1. The monoisotopic (exact) mass is 217 g/mol. The Bertz CT molecular complexity index is 399. The van der Waals surface area contributed by atoms with Crippen molar-refractivity contribution in [1.82, 2.24) is 0 Å². The number of hydrogen-bond donors (Lipinski definition) is 1. The Balaban J connectivity index is 2.80. The maximum atomic E-state index is 12.5. The van der Waals surface area contributed by atoms with Gasteiger partial charge in [-0.3, -0.25) is 0 Å². The molecule has 0 saturated carbocycles. The predicted molar refractivity (Wildman–Crippen MR) is 53.0 cm³/mol. The Hall–Kier alpha value is -0.940. The summed E-state index contributed by atoms with van der Waals surface area (Å²) in [7, 11) is -3.10. The highest BCUT2D eigenvalue weighted by Crippen LogP contribution is 2.12. The van der Waals surface area contributed by atoms with E-state index in [-0.39, 0.29) is 11.6 Å². The molecular weight excluding hydrogens is 205 g/mol. The van der Waals surface area contributed by atoms with Crippen LogP contribution in [-0.4, -0.2) is 20.4 Å². The van der Waals surface area contributed by atoms with Gasteiger partial charge in [0.25, 0.3) is 0 Å². The SMILES string of the molecule is CS(=O)(=O)CC(N)c1ccc(F)cc1. The van der Waals surface area contributed by atoms with Crippen molar-refractivity contribution in [3.05, 3.63) is 35.6 Å². The van der Waals surface area contributed by atoms with Gasteiger partial charge in [-0.2, -0.15) is 0 Å². The molecule has 2 N–H and O–H groups in total. The molecule has 14 heavy (non-hydrogen) atoms. The normalized spacial score (nSPS) is 13.9. The van der Waals surface area contributed by atoms with E-state index in [1.165, 1.54) is 24.3 Å². The van der Waals surface area contributed by atoms with Gasteiger partial charge < -0.3 is 5.73 Å². The Labute approximate surface area is 82.7 Å². The van der Waals surface area contributed by atoms with E-state index in [2.05, 4.69) is 0 Å². The summed E-state index contributed by atoms with van der Waals surface area (Å²) in [5.74, 6) is -0.487. The Morgan fingerprint density at radius 1 is 1.36 bits per heavy atom. The molecule has 3 nitrogen and oxygen atoms in total. The van der Waals surface area contributed by atoms with Crippen molar-refractivity contribution < 1.29 is 12.8 Å². The van der Waals surface area contributed by atoms with E-state index in [1.54, 1.807) is 0 Å². The number of rotatable bonds is 3. The molecule has 0 bridgehead atoms. The van der Waals surface area contributed by atoms with Crippen LogP contribution in [0.3, 0.4) is 0 Å². The molecule has 1 aromatic carbocycles. The third-order valence-electron chi connectivity index (χ3n) is 1.78. The molecule has 0 aliphatic carbocycles. The van der Waals surface area contributed by atoms with Crippen LogP contribution in [0.1, 0.15) is 11.6 Å². The largest absolute Gasteiger partial charge is 0.323 e. The van der Waals surface area contributed by atoms with E-state index in [0.29, 0.717) is 5.56 Å². The van der Waals surface area contributed by atoms with E-state index in [4.69, 9.17) is 5.73 Å². The van der Waals surface area contributed by atoms with Crippen LogP contribution < -0.4 is 5.73 Å². The van der Waals surface area contributed by atoms with Crippen LogP contribution in [-0.2, 0) is 9.84 Å². The highest BCUT2D eigenvalue weighted by atomic mass is 32.2. The third-order valence-corrected chi connectivity index (χ3v) is 2.75. The van der Waals surface area contributed by atoms with Gasteiger partial charge in [0.2, 0.25) is 0 Å². The molecule has 0 aliphatic rings.